The number of rotatable bonds is 11. The first kappa shape index (κ1) is 24.4. The first-order valence-electron chi connectivity index (χ1n) is 10.3. The lowest BCUT2D eigenvalue weighted by atomic mass is 10.2. The summed E-state index contributed by atoms with van der Waals surface area (Å²) in [6, 6.07) is 20.5. The van der Waals surface area contributed by atoms with E-state index in [1.54, 1.807) is 36.4 Å². The summed E-state index contributed by atoms with van der Waals surface area (Å²) in [5.74, 6) is 0.214. The van der Waals surface area contributed by atoms with Gasteiger partial charge in [-0.3, -0.25) is 4.79 Å². The first-order chi connectivity index (χ1) is 16.0. The normalized spacial score (nSPS) is 10.4. The fourth-order valence-electron chi connectivity index (χ4n) is 2.78. The number of hydrogen-bond acceptors (Lipinski definition) is 6. The molecule has 0 atom stereocenters. The van der Waals surface area contributed by atoms with E-state index in [9.17, 15) is 9.59 Å². The topological polar surface area (TPSA) is 71.1 Å². The van der Waals surface area contributed by atoms with Gasteiger partial charge >= 0.3 is 11.9 Å². The molecule has 3 aromatic carbocycles. The molecule has 0 amide bonds. The second-order valence-corrected chi connectivity index (χ2v) is 7.64. The Balaban J connectivity index is 1.42. The number of ether oxygens (including phenoxy) is 4. The molecule has 8 heteroatoms. The van der Waals surface area contributed by atoms with Crippen LogP contribution in [0.3, 0.4) is 0 Å². The average molecular weight is 489 g/mol. The Kier molecular flexibility index (Phi) is 9.42. The van der Waals surface area contributed by atoms with Gasteiger partial charge in [-0.25, -0.2) is 4.79 Å². The highest BCUT2D eigenvalue weighted by molar-refractivity contribution is 6.35. The number of esters is 2. The molecule has 0 saturated heterocycles. The van der Waals surface area contributed by atoms with E-state index in [0.29, 0.717) is 28.0 Å². The third kappa shape index (κ3) is 8.00. The van der Waals surface area contributed by atoms with Crippen LogP contribution in [0.4, 0.5) is 0 Å². The zero-order valence-corrected chi connectivity index (χ0v) is 19.2. The van der Waals surface area contributed by atoms with Crippen molar-refractivity contribution < 1.29 is 28.5 Å². The van der Waals surface area contributed by atoms with Gasteiger partial charge in [0.15, 0.2) is 0 Å². The highest BCUT2D eigenvalue weighted by Gasteiger charge is 2.16. The maximum absolute atomic E-state index is 12.4. The minimum absolute atomic E-state index is 0.0562. The van der Waals surface area contributed by atoms with Crippen molar-refractivity contribution in [2.24, 2.45) is 0 Å². The molecule has 0 aliphatic heterocycles. The van der Waals surface area contributed by atoms with Crippen LogP contribution in [0.5, 0.6) is 17.2 Å². The van der Waals surface area contributed by atoms with Crippen molar-refractivity contribution in [3.05, 3.63) is 88.4 Å². The van der Waals surface area contributed by atoms with Crippen LogP contribution >= 0.6 is 23.2 Å². The van der Waals surface area contributed by atoms with E-state index >= 15 is 0 Å². The minimum atomic E-state index is -0.601. The lowest BCUT2D eigenvalue weighted by Crippen LogP contribution is -2.15. The largest absolute Gasteiger partial charge is 0.492 e. The monoisotopic (exact) mass is 488 g/mol. The van der Waals surface area contributed by atoms with Crippen molar-refractivity contribution in [3.63, 3.8) is 0 Å². The molecule has 0 fully saturated rings. The Morgan fingerprint density at radius 3 is 2.30 bits per heavy atom. The molecule has 3 rings (SSSR count). The molecule has 33 heavy (non-hydrogen) atoms. The Morgan fingerprint density at radius 2 is 1.52 bits per heavy atom. The standard InChI is InChI=1S/C25H22Cl2O6/c26-18-12-13-23(21(27)17-18)31-14-6-11-24(28)33-22-10-5-4-9-20(22)25(29)32-16-15-30-19-7-2-1-3-8-19/h1-5,7-10,12-13,17H,6,11,14-16H2. The lowest BCUT2D eigenvalue weighted by Gasteiger charge is -2.11. The third-order valence-corrected chi connectivity index (χ3v) is 4.87. The van der Waals surface area contributed by atoms with Crippen LogP contribution in [0.15, 0.2) is 72.8 Å². The highest BCUT2D eigenvalue weighted by Crippen LogP contribution is 2.27. The van der Waals surface area contributed by atoms with Gasteiger partial charge < -0.3 is 18.9 Å². The van der Waals surface area contributed by atoms with E-state index in [1.807, 2.05) is 30.3 Å². The van der Waals surface area contributed by atoms with Crippen molar-refractivity contribution in [3.8, 4) is 17.2 Å². The van der Waals surface area contributed by atoms with Gasteiger partial charge in [0.05, 0.1) is 11.6 Å². The van der Waals surface area contributed by atoms with E-state index in [4.69, 9.17) is 42.1 Å². The Morgan fingerprint density at radius 1 is 0.758 bits per heavy atom. The summed E-state index contributed by atoms with van der Waals surface area (Å²) in [6.07, 6.45) is 0.501. The van der Waals surface area contributed by atoms with Gasteiger partial charge in [-0.15, -0.1) is 0 Å². The fraction of sp³-hybridized carbons (Fsp3) is 0.200. The number of carbonyl (C=O) groups is 2. The Labute approximate surface area is 201 Å². The van der Waals surface area contributed by atoms with Crippen molar-refractivity contribution in [2.75, 3.05) is 19.8 Å². The van der Waals surface area contributed by atoms with Crippen molar-refractivity contribution >= 4 is 35.1 Å². The maximum Gasteiger partial charge on any atom is 0.342 e. The molecule has 0 aliphatic carbocycles. The van der Waals surface area contributed by atoms with Crippen LogP contribution in [0.2, 0.25) is 10.0 Å². The number of halogens is 2. The predicted octanol–water partition coefficient (Wildman–Crippen LogP) is 5.99. The third-order valence-electron chi connectivity index (χ3n) is 4.34. The summed E-state index contributed by atoms with van der Waals surface area (Å²) >= 11 is 11.9. The molecule has 0 radical (unpaired) electrons. The molecule has 3 aromatic rings. The van der Waals surface area contributed by atoms with E-state index < -0.39 is 11.9 Å². The zero-order chi connectivity index (χ0) is 23.5. The van der Waals surface area contributed by atoms with Gasteiger partial charge in [-0.1, -0.05) is 53.5 Å². The van der Waals surface area contributed by atoms with Crippen molar-refractivity contribution in [2.45, 2.75) is 12.8 Å². The van der Waals surface area contributed by atoms with Crippen LogP contribution in [-0.2, 0) is 9.53 Å². The molecule has 0 saturated carbocycles. The van der Waals surface area contributed by atoms with Gasteiger partial charge in [-0.05, 0) is 48.9 Å². The van der Waals surface area contributed by atoms with Gasteiger partial charge in [-0.2, -0.15) is 0 Å². The minimum Gasteiger partial charge on any atom is -0.492 e. The molecule has 172 valence electrons. The number of carbonyl (C=O) groups excluding carboxylic acids is 2. The predicted molar refractivity (Wildman–Crippen MR) is 125 cm³/mol. The van der Waals surface area contributed by atoms with Gasteiger partial charge in [0.25, 0.3) is 0 Å². The molecule has 6 nitrogen and oxygen atoms in total. The second kappa shape index (κ2) is 12.7. The summed E-state index contributed by atoms with van der Waals surface area (Å²) in [7, 11) is 0. The van der Waals surface area contributed by atoms with E-state index in [0.717, 1.165) is 0 Å². The molecule has 0 spiro atoms. The summed E-state index contributed by atoms with van der Waals surface area (Å²) in [4.78, 5) is 24.7. The average Bonchev–Trinajstić information content (AvgIpc) is 2.81. The molecule has 0 aromatic heterocycles. The van der Waals surface area contributed by atoms with E-state index in [2.05, 4.69) is 0 Å². The Bertz CT molecular complexity index is 1070. The van der Waals surface area contributed by atoms with Crippen molar-refractivity contribution in [1.82, 2.24) is 0 Å². The quantitative estimate of drug-likeness (QED) is 0.187. The number of para-hydroxylation sites is 2. The van der Waals surface area contributed by atoms with Crippen LogP contribution in [-0.4, -0.2) is 31.8 Å². The molecule has 0 bridgehead atoms. The first-order valence-corrected chi connectivity index (χ1v) is 11.0. The maximum atomic E-state index is 12.4. The second-order valence-electron chi connectivity index (χ2n) is 6.79. The number of hydrogen-bond donors (Lipinski definition) is 0. The summed E-state index contributed by atoms with van der Waals surface area (Å²) in [5.41, 5.74) is 0.162. The molecule has 0 aliphatic rings. The summed E-state index contributed by atoms with van der Waals surface area (Å²) in [6.45, 7) is 0.525. The lowest BCUT2D eigenvalue weighted by molar-refractivity contribution is -0.134. The molecule has 0 N–H and O–H groups in total. The van der Waals surface area contributed by atoms with E-state index in [1.165, 1.54) is 6.07 Å². The fourth-order valence-corrected chi connectivity index (χ4v) is 3.24. The molecule has 0 heterocycles. The molecule has 0 unspecified atom stereocenters. The SMILES string of the molecule is O=C(CCCOc1ccc(Cl)cc1Cl)Oc1ccccc1C(=O)OCCOc1ccccc1. The van der Waals surface area contributed by atoms with Gasteiger partial charge in [0.1, 0.15) is 36.0 Å². The van der Waals surface area contributed by atoms with Gasteiger partial charge in [0, 0.05) is 11.4 Å². The summed E-state index contributed by atoms with van der Waals surface area (Å²) in [5, 5.41) is 0.906. The Hall–Kier alpha value is -3.22. The van der Waals surface area contributed by atoms with Crippen molar-refractivity contribution in [1.29, 1.82) is 0 Å². The molecular formula is C25H22Cl2O6. The van der Waals surface area contributed by atoms with Gasteiger partial charge in [0.2, 0.25) is 0 Å². The summed E-state index contributed by atoms with van der Waals surface area (Å²) < 4.78 is 21.7. The number of benzene rings is 3. The smallest absolute Gasteiger partial charge is 0.342 e. The highest BCUT2D eigenvalue weighted by atomic mass is 35.5. The van der Waals surface area contributed by atoms with Crippen LogP contribution in [0.25, 0.3) is 0 Å². The zero-order valence-electron chi connectivity index (χ0n) is 17.7. The van der Waals surface area contributed by atoms with Crippen LogP contribution in [0, 0.1) is 0 Å². The van der Waals surface area contributed by atoms with Crippen LogP contribution in [0.1, 0.15) is 23.2 Å². The van der Waals surface area contributed by atoms with Crippen LogP contribution < -0.4 is 14.2 Å². The molecular weight excluding hydrogens is 467 g/mol. The van der Waals surface area contributed by atoms with E-state index in [-0.39, 0.29) is 37.6 Å².